The van der Waals surface area contributed by atoms with Gasteiger partial charge < -0.3 is 4.74 Å². The highest BCUT2D eigenvalue weighted by molar-refractivity contribution is 5.87. The Morgan fingerprint density at radius 2 is 1.83 bits per heavy atom. The Kier molecular flexibility index (Phi) is 3.81. The maximum Gasteiger partial charge on any atom is 0.302 e. The summed E-state index contributed by atoms with van der Waals surface area (Å²) in [7, 11) is 0. The minimum Gasteiger partial charge on any atom is -0.463 e. The summed E-state index contributed by atoms with van der Waals surface area (Å²) in [4.78, 5) is 23.6. The summed E-state index contributed by atoms with van der Waals surface area (Å²) in [5.74, 6) is 4.25. The molecule has 0 bridgehead atoms. The first-order valence-corrected chi connectivity index (χ1v) is 9.69. The number of carbonyl (C=O) groups excluding carboxylic acids is 2. The number of carbonyl (C=O) groups is 2. The van der Waals surface area contributed by atoms with Gasteiger partial charge in [-0.3, -0.25) is 9.59 Å². The molecule has 4 aliphatic carbocycles. The van der Waals surface area contributed by atoms with E-state index in [1.807, 2.05) is 0 Å². The Morgan fingerprint density at radius 1 is 1.04 bits per heavy atom. The van der Waals surface area contributed by atoms with Crippen LogP contribution in [0.4, 0.5) is 0 Å². The lowest BCUT2D eigenvalue weighted by Gasteiger charge is -2.54. The zero-order chi connectivity index (χ0) is 16.2. The number of hydrogen-bond acceptors (Lipinski definition) is 3. The Balaban J connectivity index is 1.48. The molecule has 4 saturated carbocycles. The molecule has 0 aliphatic heterocycles. The first kappa shape index (κ1) is 15.7. The first-order chi connectivity index (χ1) is 11.0. The molecular weight excluding hydrogens is 288 g/mol. The summed E-state index contributed by atoms with van der Waals surface area (Å²) in [5, 5.41) is 0. The van der Waals surface area contributed by atoms with Crippen molar-refractivity contribution in [1.29, 1.82) is 0 Å². The van der Waals surface area contributed by atoms with Crippen molar-refractivity contribution in [2.24, 2.45) is 35.0 Å². The lowest BCUT2D eigenvalue weighted by Crippen LogP contribution is -2.49. The average molecular weight is 318 g/mol. The van der Waals surface area contributed by atoms with Gasteiger partial charge in [0.1, 0.15) is 11.9 Å². The van der Waals surface area contributed by atoms with E-state index in [-0.39, 0.29) is 17.5 Å². The van der Waals surface area contributed by atoms with E-state index in [2.05, 4.69) is 6.92 Å². The highest BCUT2D eigenvalue weighted by atomic mass is 16.5. The molecule has 0 amide bonds. The van der Waals surface area contributed by atoms with Crippen LogP contribution in [0, 0.1) is 35.0 Å². The quantitative estimate of drug-likeness (QED) is 0.682. The second kappa shape index (κ2) is 5.60. The molecule has 0 aromatic carbocycles. The summed E-state index contributed by atoms with van der Waals surface area (Å²) in [6, 6.07) is 0. The van der Waals surface area contributed by atoms with Crippen molar-refractivity contribution in [3.63, 3.8) is 0 Å². The van der Waals surface area contributed by atoms with Crippen molar-refractivity contribution in [3.05, 3.63) is 0 Å². The van der Waals surface area contributed by atoms with Crippen LogP contribution in [0.3, 0.4) is 0 Å². The first-order valence-electron chi connectivity index (χ1n) is 9.69. The fraction of sp³-hybridized carbons (Fsp3) is 0.900. The van der Waals surface area contributed by atoms with Crippen molar-refractivity contribution >= 4 is 11.8 Å². The molecule has 0 aromatic rings. The van der Waals surface area contributed by atoms with Gasteiger partial charge in [0.2, 0.25) is 0 Å². The van der Waals surface area contributed by atoms with Gasteiger partial charge in [-0.05, 0) is 81.0 Å². The molecule has 4 aliphatic rings. The van der Waals surface area contributed by atoms with E-state index in [4.69, 9.17) is 4.74 Å². The zero-order valence-electron chi connectivity index (χ0n) is 14.6. The van der Waals surface area contributed by atoms with Crippen LogP contribution in [0.2, 0.25) is 0 Å². The summed E-state index contributed by atoms with van der Waals surface area (Å²) in [6.45, 7) is 3.79. The third kappa shape index (κ3) is 2.46. The van der Waals surface area contributed by atoms with E-state index in [1.165, 1.54) is 32.6 Å². The Morgan fingerprint density at radius 3 is 2.61 bits per heavy atom. The maximum absolute atomic E-state index is 12.4. The number of ketones is 1. The second-order valence-electron chi connectivity index (χ2n) is 8.90. The largest absolute Gasteiger partial charge is 0.463 e. The van der Waals surface area contributed by atoms with Gasteiger partial charge in [0.15, 0.2) is 0 Å². The molecule has 4 rings (SSSR count). The van der Waals surface area contributed by atoms with Crippen molar-refractivity contribution in [2.45, 2.75) is 77.7 Å². The molecule has 0 heterocycles. The van der Waals surface area contributed by atoms with Crippen LogP contribution in [0.1, 0.15) is 71.6 Å². The molecule has 0 radical (unpaired) electrons. The summed E-state index contributed by atoms with van der Waals surface area (Å²) in [6.07, 6.45) is 10.4. The smallest absolute Gasteiger partial charge is 0.302 e. The normalized spacial score (nSPS) is 49.0. The van der Waals surface area contributed by atoms with Crippen LogP contribution in [0.5, 0.6) is 0 Å². The molecule has 0 N–H and O–H groups in total. The Bertz CT molecular complexity index is 513. The number of esters is 1. The minimum absolute atomic E-state index is 0.00292. The Hall–Kier alpha value is -0.860. The minimum atomic E-state index is -0.125. The standard InChI is InChI=1S/C20H30O3/c1-12(21)23-14-4-6-15-13(11-14)3-5-17-16(15)9-10-20(2)18(17)7-8-19(20)22/h13-18H,3-11H2,1-2H3/t13-,14+,15-,16+,17+,18-,20-/m0/s1. The van der Waals surface area contributed by atoms with Crippen LogP contribution in [-0.4, -0.2) is 17.9 Å². The predicted molar refractivity (Wildman–Crippen MR) is 87.7 cm³/mol. The highest BCUT2D eigenvalue weighted by Gasteiger charge is 2.56. The maximum atomic E-state index is 12.4. The van der Waals surface area contributed by atoms with Crippen LogP contribution in [0.15, 0.2) is 0 Å². The van der Waals surface area contributed by atoms with Gasteiger partial charge in [-0.25, -0.2) is 0 Å². The molecule has 23 heavy (non-hydrogen) atoms. The summed E-state index contributed by atoms with van der Waals surface area (Å²) >= 11 is 0. The molecule has 3 heteroatoms. The van der Waals surface area contributed by atoms with Gasteiger partial charge in [-0.15, -0.1) is 0 Å². The third-order valence-electron chi connectivity index (χ3n) is 7.95. The summed E-state index contributed by atoms with van der Waals surface area (Å²) in [5.41, 5.74) is 0.00292. The molecular formula is C20H30O3. The van der Waals surface area contributed by atoms with Crippen LogP contribution >= 0.6 is 0 Å². The number of hydrogen-bond donors (Lipinski definition) is 0. The van der Waals surface area contributed by atoms with Crippen LogP contribution < -0.4 is 0 Å². The fourth-order valence-corrected chi connectivity index (χ4v) is 6.92. The molecule has 4 fully saturated rings. The van der Waals surface area contributed by atoms with Crippen molar-refractivity contribution in [3.8, 4) is 0 Å². The molecule has 7 atom stereocenters. The Labute approximate surface area is 139 Å². The second-order valence-corrected chi connectivity index (χ2v) is 8.90. The van der Waals surface area contributed by atoms with Gasteiger partial charge in [-0.2, -0.15) is 0 Å². The molecule has 0 saturated heterocycles. The van der Waals surface area contributed by atoms with Gasteiger partial charge in [0.05, 0.1) is 0 Å². The molecule has 0 aromatic heterocycles. The van der Waals surface area contributed by atoms with Crippen molar-refractivity contribution < 1.29 is 14.3 Å². The average Bonchev–Trinajstić information content (AvgIpc) is 2.82. The van der Waals surface area contributed by atoms with Gasteiger partial charge in [-0.1, -0.05) is 6.92 Å². The van der Waals surface area contributed by atoms with Gasteiger partial charge in [0, 0.05) is 18.8 Å². The SMILES string of the molecule is CC(=O)O[C@@H]1CC[C@H]2[C@@H](CC[C@@H]3[C@@H]2CC[C@]2(C)C(=O)CC[C@@H]32)C1. The third-order valence-corrected chi connectivity index (χ3v) is 7.95. The number of Topliss-reactive ketones (excluding diaryl/α,β-unsaturated/α-hetero) is 1. The fourth-order valence-electron chi connectivity index (χ4n) is 6.92. The van der Waals surface area contributed by atoms with Crippen molar-refractivity contribution in [1.82, 2.24) is 0 Å². The van der Waals surface area contributed by atoms with E-state index >= 15 is 0 Å². The van der Waals surface area contributed by atoms with E-state index < -0.39 is 0 Å². The van der Waals surface area contributed by atoms with E-state index in [0.29, 0.717) is 11.7 Å². The lowest BCUT2D eigenvalue weighted by atomic mass is 9.50. The van der Waals surface area contributed by atoms with E-state index in [9.17, 15) is 9.59 Å². The summed E-state index contributed by atoms with van der Waals surface area (Å²) < 4.78 is 5.49. The number of ether oxygens (including phenoxy) is 1. The number of rotatable bonds is 1. The van der Waals surface area contributed by atoms with E-state index in [0.717, 1.165) is 55.8 Å². The van der Waals surface area contributed by atoms with Crippen LogP contribution in [-0.2, 0) is 14.3 Å². The van der Waals surface area contributed by atoms with Gasteiger partial charge >= 0.3 is 5.97 Å². The van der Waals surface area contributed by atoms with Crippen molar-refractivity contribution in [2.75, 3.05) is 0 Å². The molecule has 3 nitrogen and oxygen atoms in total. The van der Waals surface area contributed by atoms with Crippen LogP contribution in [0.25, 0.3) is 0 Å². The lowest BCUT2D eigenvalue weighted by molar-refractivity contribution is -0.152. The molecule has 0 unspecified atom stereocenters. The van der Waals surface area contributed by atoms with E-state index in [1.54, 1.807) is 0 Å². The number of fused-ring (bicyclic) bond motifs is 5. The molecule has 128 valence electrons. The zero-order valence-corrected chi connectivity index (χ0v) is 14.6. The highest BCUT2D eigenvalue weighted by Crippen LogP contribution is 2.61. The topological polar surface area (TPSA) is 43.4 Å². The monoisotopic (exact) mass is 318 g/mol. The predicted octanol–water partition coefficient (Wildman–Crippen LogP) is 4.14. The van der Waals surface area contributed by atoms with Gasteiger partial charge in [0.25, 0.3) is 0 Å². The molecule has 0 spiro atoms.